The lowest BCUT2D eigenvalue weighted by atomic mass is 10.1. The number of carbonyl (C=O) groups excluding carboxylic acids is 2. The van der Waals surface area contributed by atoms with Gasteiger partial charge in [0.1, 0.15) is 0 Å². The summed E-state index contributed by atoms with van der Waals surface area (Å²) >= 11 is 0. The van der Waals surface area contributed by atoms with Crippen LogP contribution in [0.5, 0.6) is 0 Å². The highest BCUT2D eigenvalue weighted by atomic mass is 16.7. The van der Waals surface area contributed by atoms with E-state index in [1.807, 2.05) is 72.8 Å². The van der Waals surface area contributed by atoms with Gasteiger partial charge in [-0.05, 0) is 111 Å². The Labute approximate surface area is 377 Å². The largest absolute Gasteiger partial charge is 0.369 e. The molecule has 0 atom stereocenters. The van der Waals surface area contributed by atoms with Gasteiger partial charge in [-0.1, -0.05) is 60.7 Å². The Kier molecular flexibility index (Phi) is 14.3. The second-order valence-corrected chi connectivity index (χ2v) is 16.9. The van der Waals surface area contributed by atoms with E-state index in [1.54, 1.807) is 0 Å². The summed E-state index contributed by atoms with van der Waals surface area (Å²) in [5, 5.41) is 5.04. The second-order valence-electron chi connectivity index (χ2n) is 16.9. The number of piperazine rings is 2. The van der Waals surface area contributed by atoms with Crippen LogP contribution >= 0.6 is 0 Å². The molecule has 332 valence electrons. The van der Waals surface area contributed by atoms with Crippen molar-refractivity contribution >= 4 is 56.8 Å². The van der Waals surface area contributed by atoms with Crippen LogP contribution in [-0.4, -0.2) is 110 Å². The molecule has 6 aromatic rings. The fourth-order valence-electron chi connectivity index (χ4n) is 8.67. The van der Waals surface area contributed by atoms with Crippen molar-refractivity contribution < 1.29 is 19.3 Å². The van der Waals surface area contributed by atoms with Gasteiger partial charge < -0.3 is 19.5 Å². The standard InChI is InChI=1S/C52H60N8O4/c1-39-13-9-19-47(41(39)3)57-35-31-55(32-36-57)27-11-29-59(49-23-21-43-15-5-7-17-45(43)53-49)63-51(61)25-26-52(62)64-60(50-24-22-44-16-6-8-18-46(44)54-50)30-12-28-56-33-37-58(38-34-56)48-20-10-14-40(2)42(48)4/h5-10,13-26H,11-12,27-38H2,1-4H3/b26-25+. The third-order valence-electron chi connectivity index (χ3n) is 12.7. The molecule has 0 spiro atoms. The molecule has 0 amide bonds. The second kappa shape index (κ2) is 20.8. The predicted molar refractivity (Wildman–Crippen MR) is 258 cm³/mol. The molecule has 0 unspecified atom stereocenters. The summed E-state index contributed by atoms with van der Waals surface area (Å²) in [5.74, 6) is -0.375. The normalized spacial score (nSPS) is 14.9. The van der Waals surface area contributed by atoms with Crippen molar-refractivity contribution in [3.05, 3.63) is 144 Å². The number of hydrogen-bond donors (Lipinski definition) is 0. The lowest BCUT2D eigenvalue weighted by Gasteiger charge is -2.37. The lowest BCUT2D eigenvalue weighted by Crippen LogP contribution is -2.47. The first-order valence-corrected chi connectivity index (χ1v) is 22.6. The van der Waals surface area contributed by atoms with Crippen LogP contribution in [0, 0.1) is 27.7 Å². The average Bonchev–Trinajstić information content (AvgIpc) is 3.32. The minimum absolute atomic E-state index is 0.425. The SMILES string of the molecule is Cc1cccc(N2CCN(CCCN(OC(=O)/C=C/C(=O)ON(CCCN3CCN(c4cccc(C)c4C)CC3)c3ccc4ccccc4n3)c3ccc4ccccc4n3)CC2)c1C. The molecule has 2 aliphatic rings. The first-order chi connectivity index (χ1) is 31.2. The molecule has 12 nitrogen and oxygen atoms in total. The molecule has 8 rings (SSSR count). The highest BCUT2D eigenvalue weighted by Gasteiger charge is 2.22. The fourth-order valence-corrected chi connectivity index (χ4v) is 8.67. The molecular weight excluding hydrogens is 801 g/mol. The van der Waals surface area contributed by atoms with E-state index in [4.69, 9.17) is 19.6 Å². The van der Waals surface area contributed by atoms with Crippen molar-refractivity contribution in [2.75, 3.05) is 98.5 Å². The van der Waals surface area contributed by atoms with Gasteiger partial charge in [0.25, 0.3) is 0 Å². The van der Waals surface area contributed by atoms with Crippen LogP contribution in [0.4, 0.5) is 23.0 Å². The van der Waals surface area contributed by atoms with Gasteiger partial charge in [-0.25, -0.2) is 19.6 Å². The van der Waals surface area contributed by atoms with Gasteiger partial charge in [0.2, 0.25) is 0 Å². The minimum atomic E-state index is -0.704. The van der Waals surface area contributed by atoms with E-state index in [2.05, 4.69) is 83.7 Å². The highest BCUT2D eigenvalue weighted by molar-refractivity contribution is 5.92. The topological polar surface area (TPSA) is 97.8 Å². The number of para-hydroxylation sites is 2. The first kappa shape index (κ1) is 44.1. The predicted octanol–water partition coefficient (Wildman–Crippen LogP) is 8.23. The maximum atomic E-state index is 13.4. The van der Waals surface area contributed by atoms with E-state index < -0.39 is 11.9 Å². The van der Waals surface area contributed by atoms with Crippen LogP contribution in [-0.2, 0) is 19.3 Å². The number of aromatic nitrogens is 2. The van der Waals surface area contributed by atoms with E-state index >= 15 is 0 Å². The quantitative estimate of drug-likeness (QED) is 0.0693. The summed E-state index contributed by atoms with van der Waals surface area (Å²) in [6.45, 7) is 18.9. The molecule has 4 heterocycles. The smallest absolute Gasteiger partial charge is 0.356 e. The van der Waals surface area contributed by atoms with Gasteiger partial charge >= 0.3 is 11.9 Å². The summed E-state index contributed by atoms with van der Waals surface area (Å²) in [7, 11) is 0. The molecular formula is C52H60N8O4. The Hall–Kier alpha value is -6.50. The van der Waals surface area contributed by atoms with Gasteiger partial charge in [-0.3, -0.25) is 9.80 Å². The van der Waals surface area contributed by atoms with Crippen molar-refractivity contribution in [3.63, 3.8) is 0 Å². The molecule has 0 N–H and O–H groups in total. The molecule has 4 aromatic carbocycles. The zero-order valence-electron chi connectivity index (χ0n) is 37.7. The van der Waals surface area contributed by atoms with Crippen LogP contribution in [0.15, 0.2) is 121 Å². The van der Waals surface area contributed by atoms with Crippen molar-refractivity contribution in [3.8, 4) is 0 Å². The first-order valence-electron chi connectivity index (χ1n) is 22.6. The fraction of sp³-hybridized carbons (Fsp3) is 0.346. The van der Waals surface area contributed by atoms with E-state index in [9.17, 15) is 9.59 Å². The monoisotopic (exact) mass is 860 g/mol. The van der Waals surface area contributed by atoms with Crippen LogP contribution in [0.25, 0.3) is 21.8 Å². The molecule has 12 heteroatoms. The summed E-state index contributed by atoms with van der Waals surface area (Å²) < 4.78 is 0. The molecule has 64 heavy (non-hydrogen) atoms. The van der Waals surface area contributed by atoms with E-state index in [0.717, 1.165) is 112 Å². The maximum absolute atomic E-state index is 13.4. The Morgan fingerprint density at radius 2 is 0.922 bits per heavy atom. The number of anilines is 4. The number of pyridine rings is 2. The zero-order chi connectivity index (χ0) is 44.4. The number of aryl methyl sites for hydroxylation is 2. The number of fused-ring (bicyclic) bond motifs is 2. The molecule has 2 aromatic heterocycles. The van der Waals surface area contributed by atoms with E-state index in [-0.39, 0.29) is 0 Å². The number of carbonyl (C=O) groups is 2. The van der Waals surface area contributed by atoms with Gasteiger partial charge in [-0.2, -0.15) is 10.1 Å². The van der Waals surface area contributed by atoms with Crippen molar-refractivity contribution in [1.82, 2.24) is 19.8 Å². The summed E-state index contributed by atoms with van der Waals surface area (Å²) in [6.07, 6.45) is 3.72. The molecule has 2 aliphatic heterocycles. The maximum Gasteiger partial charge on any atom is 0.356 e. The molecule has 0 saturated carbocycles. The highest BCUT2D eigenvalue weighted by Crippen LogP contribution is 2.26. The van der Waals surface area contributed by atoms with Crippen LogP contribution in [0.2, 0.25) is 0 Å². The van der Waals surface area contributed by atoms with E-state index in [1.165, 1.54) is 43.8 Å². The number of hydrogen-bond acceptors (Lipinski definition) is 12. The Morgan fingerprint density at radius 3 is 1.34 bits per heavy atom. The van der Waals surface area contributed by atoms with Gasteiger partial charge in [0, 0.05) is 99.7 Å². The van der Waals surface area contributed by atoms with Crippen molar-refractivity contribution in [2.24, 2.45) is 0 Å². The van der Waals surface area contributed by atoms with Gasteiger partial charge in [-0.15, -0.1) is 0 Å². The molecule has 0 bridgehead atoms. The molecule has 2 saturated heterocycles. The summed E-state index contributed by atoms with van der Waals surface area (Å²) in [4.78, 5) is 58.2. The third-order valence-corrected chi connectivity index (χ3v) is 12.7. The van der Waals surface area contributed by atoms with E-state index in [0.29, 0.717) is 24.7 Å². The summed E-state index contributed by atoms with van der Waals surface area (Å²) in [6, 6.07) is 36.4. The van der Waals surface area contributed by atoms with Crippen molar-refractivity contribution in [1.29, 1.82) is 0 Å². The molecule has 0 radical (unpaired) electrons. The Morgan fingerprint density at radius 1 is 0.516 bits per heavy atom. The third kappa shape index (κ3) is 11.0. The molecule has 2 fully saturated rings. The Bertz CT molecular complexity index is 2410. The average molecular weight is 861 g/mol. The summed E-state index contributed by atoms with van der Waals surface area (Å²) in [5.41, 5.74) is 9.50. The molecule has 0 aliphatic carbocycles. The van der Waals surface area contributed by atoms with Crippen LogP contribution < -0.4 is 19.9 Å². The number of benzene rings is 4. The Balaban J connectivity index is 0.882. The van der Waals surface area contributed by atoms with Crippen molar-refractivity contribution in [2.45, 2.75) is 40.5 Å². The number of hydroxylamine groups is 2. The van der Waals surface area contributed by atoms with Gasteiger partial charge in [0.05, 0.1) is 24.1 Å². The van der Waals surface area contributed by atoms with Crippen LogP contribution in [0.1, 0.15) is 35.1 Å². The van der Waals surface area contributed by atoms with Gasteiger partial charge in [0.15, 0.2) is 11.6 Å². The lowest BCUT2D eigenvalue weighted by molar-refractivity contribution is -0.142. The number of rotatable bonds is 16. The van der Waals surface area contributed by atoms with Crippen LogP contribution in [0.3, 0.4) is 0 Å². The zero-order valence-corrected chi connectivity index (χ0v) is 37.7. The number of nitrogens with zero attached hydrogens (tertiary/aromatic N) is 8. The minimum Gasteiger partial charge on any atom is -0.369 e.